The van der Waals surface area contributed by atoms with Crippen LogP contribution in [0.4, 0.5) is 0 Å². The number of nitrogens with zero attached hydrogens (tertiary/aromatic N) is 1. The lowest BCUT2D eigenvalue weighted by atomic mass is 10.3. The van der Waals surface area contributed by atoms with E-state index in [1.165, 1.54) is 0 Å². The Morgan fingerprint density at radius 3 is 2.74 bits per heavy atom. The predicted octanol–water partition coefficient (Wildman–Crippen LogP) is 3.94. The number of rotatable bonds is 6. The highest BCUT2D eigenvalue weighted by molar-refractivity contribution is 9.10. The maximum atomic E-state index is 5.65. The highest BCUT2D eigenvalue weighted by Crippen LogP contribution is 2.17. The van der Waals surface area contributed by atoms with Gasteiger partial charge in [-0.1, -0.05) is 15.9 Å². The molecule has 0 saturated carbocycles. The Bertz CT molecular complexity index is 512. The van der Waals surface area contributed by atoms with Gasteiger partial charge in [0.2, 0.25) is 0 Å². The number of thiazole rings is 1. The minimum atomic E-state index is 0.271. The molecule has 19 heavy (non-hydrogen) atoms. The van der Waals surface area contributed by atoms with Crippen molar-refractivity contribution in [2.24, 2.45) is 0 Å². The molecule has 5 heteroatoms. The van der Waals surface area contributed by atoms with E-state index in [0.29, 0.717) is 6.61 Å². The lowest BCUT2D eigenvalue weighted by Crippen LogP contribution is -2.24. The largest absolute Gasteiger partial charge is 0.492 e. The quantitative estimate of drug-likeness (QED) is 0.808. The van der Waals surface area contributed by atoms with Crippen molar-refractivity contribution < 1.29 is 4.74 Å². The van der Waals surface area contributed by atoms with Gasteiger partial charge >= 0.3 is 0 Å². The van der Waals surface area contributed by atoms with Gasteiger partial charge in [-0.25, -0.2) is 4.98 Å². The fourth-order valence-corrected chi connectivity index (χ4v) is 2.73. The van der Waals surface area contributed by atoms with Crippen LogP contribution in [-0.4, -0.2) is 18.1 Å². The van der Waals surface area contributed by atoms with E-state index in [0.717, 1.165) is 27.5 Å². The molecule has 0 radical (unpaired) electrons. The van der Waals surface area contributed by atoms with Crippen LogP contribution in [0.2, 0.25) is 0 Å². The van der Waals surface area contributed by atoms with E-state index in [2.05, 4.69) is 38.5 Å². The third-order valence-corrected chi connectivity index (χ3v) is 4.32. The van der Waals surface area contributed by atoms with Crippen molar-refractivity contribution in [2.75, 3.05) is 13.2 Å². The van der Waals surface area contributed by atoms with Crippen molar-refractivity contribution in [2.45, 2.75) is 19.9 Å². The summed E-state index contributed by atoms with van der Waals surface area (Å²) in [5, 5.41) is 6.61. The fraction of sp³-hybridized carbons (Fsp3) is 0.357. The summed E-state index contributed by atoms with van der Waals surface area (Å²) in [4.78, 5) is 4.47. The number of hydrogen-bond acceptors (Lipinski definition) is 4. The van der Waals surface area contributed by atoms with E-state index >= 15 is 0 Å². The number of ether oxygens (including phenoxy) is 1. The molecule has 0 aliphatic carbocycles. The van der Waals surface area contributed by atoms with Gasteiger partial charge < -0.3 is 10.1 Å². The molecule has 3 nitrogen and oxygen atoms in total. The molecular formula is C14H17BrN2OS. The lowest BCUT2D eigenvalue weighted by Gasteiger charge is -2.12. The fourth-order valence-electron chi connectivity index (χ4n) is 1.63. The molecule has 0 aliphatic heterocycles. The summed E-state index contributed by atoms with van der Waals surface area (Å²) in [6.07, 6.45) is 0. The van der Waals surface area contributed by atoms with Crippen molar-refractivity contribution in [3.05, 3.63) is 44.8 Å². The minimum Gasteiger partial charge on any atom is -0.492 e. The molecule has 2 rings (SSSR count). The predicted molar refractivity (Wildman–Crippen MR) is 82.9 cm³/mol. The topological polar surface area (TPSA) is 34.1 Å². The summed E-state index contributed by atoms with van der Waals surface area (Å²) in [6, 6.07) is 8.13. The van der Waals surface area contributed by atoms with Gasteiger partial charge in [-0.15, -0.1) is 11.3 Å². The van der Waals surface area contributed by atoms with Gasteiger partial charge in [0, 0.05) is 22.1 Å². The average Bonchev–Trinajstić information content (AvgIpc) is 2.83. The molecule has 1 aromatic heterocycles. The molecule has 0 amide bonds. The van der Waals surface area contributed by atoms with E-state index in [4.69, 9.17) is 4.74 Å². The van der Waals surface area contributed by atoms with Crippen LogP contribution in [0.5, 0.6) is 5.75 Å². The molecule has 1 atom stereocenters. The van der Waals surface area contributed by atoms with Gasteiger partial charge in [-0.05, 0) is 38.1 Å². The molecule has 0 fully saturated rings. The summed E-state index contributed by atoms with van der Waals surface area (Å²) in [5.41, 5.74) is 1.08. The normalized spacial score (nSPS) is 12.4. The molecule has 0 bridgehead atoms. The monoisotopic (exact) mass is 340 g/mol. The standard InChI is InChI=1S/C14H17BrN2OS/c1-10-9-19-14(17-10)11(2)16-7-8-18-13-5-3-12(15)4-6-13/h3-6,9,11,16H,7-8H2,1-2H3. The van der Waals surface area contributed by atoms with Crippen molar-refractivity contribution in [3.8, 4) is 5.75 Å². The van der Waals surface area contributed by atoms with Crippen molar-refractivity contribution in [1.29, 1.82) is 0 Å². The van der Waals surface area contributed by atoms with Crippen LogP contribution < -0.4 is 10.1 Å². The highest BCUT2D eigenvalue weighted by atomic mass is 79.9. The van der Waals surface area contributed by atoms with Crippen molar-refractivity contribution >= 4 is 27.3 Å². The lowest BCUT2D eigenvalue weighted by molar-refractivity contribution is 0.307. The second kappa shape index (κ2) is 7.03. The van der Waals surface area contributed by atoms with E-state index < -0.39 is 0 Å². The number of aryl methyl sites for hydroxylation is 1. The third-order valence-electron chi connectivity index (χ3n) is 2.64. The number of halogens is 1. The van der Waals surface area contributed by atoms with Crippen LogP contribution >= 0.6 is 27.3 Å². The van der Waals surface area contributed by atoms with Crippen LogP contribution in [0.1, 0.15) is 23.7 Å². The smallest absolute Gasteiger partial charge is 0.119 e. The van der Waals surface area contributed by atoms with Crippen molar-refractivity contribution in [3.63, 3.8) is 0 Å². The summed E-state index contributed by atoms with van der Waals surface area (Å²) in [5.74, 6) is 0.891. The maximum absolute atomic E-state index is 5.65. The third kappa shape index (κ3) is 4.60. The zero-order valence-corrected chi connectivity index (χ0v) is 13.4. The Hall–Kier alpha value is -0.910. The molecule has 1 aromatic carbocycles. The molecule has 2 aromatic rings. The Labute approximate surface area is 126 Å². The van der Waals surface area contributed by atoms with Crippen LogP contribution in [0, 0.1) is 6.92 Å². The highest BCUT2D eigenvalue weighted by Gasteiger charge is 2.08. The van der Waals surface area contributed by atoms with E-state index in [1.807, 2.05) is 31.2 Å². The first kappa shape index (κ1) is 14.5. The zero-order valence-electron chi connectivity index (χ0n) is 11.0. The van der Waals surface area contributed by atoms with Gasteiger partial charge in [0.25, 0.3) is 0 Å². The Morgan fingerprint density at radius 2 is 2.11 bits per heavy atom. The Balaban J connectivity index is 1.70. The molecule has 102 valence electrons. The van der Waals surface area contributed by atoms with E-state index in [1.54, 1.807) is 11.3 Å². The summed E-state index contributed by atoms with van der Waals surface area (Å²) < 4.78 is 6.71. The Kier molecular flexibility index (Phi) is 5.36. The summed E-state index contributed by atoms with van der Waals surface area (Å²) in [6.45, 7) is 5.59. The zero-order chi connectivity index (χ0) is 13.7. The number of hydrogen-bond donors (Lipinski definition) is 1. The summed E-state index contributed by atoms with van der Waals surface area (Å²) >= 11 is 5.09. The van der Waals surface area contributed by atoms with E-state index in [9.17, 15) is 0 Å². The minimum absolute atomic E-state index is 0.271. The number of nitrogens with one attached hydrogen (secondary N) is 1. The van der Waals surface area contributed by atoms with Gasteiger partial charge in [0.1, 0.15) is 17.4 Å². The Morgan fingerprint density at radius 1 is 1.37 bits per heavy atom. The van der Waals surface area contributed by atoms with Gasteiger partial charge in [-0.3, -0.25) is 0 Å². The van der Waals surface area contributed by atoms with Gasteiger partial charge in [0.15, 0.2) is 0 Å². The molecule has 1 heterocycles. The van der Waals surface area contributed by atoms with Gasteiger partial charge in [0.05, 0.1) is 6.04 Å². The van der Waals surface area contributed by atoms with Crippen LogP contribution in [0.3, 0.4) is 0 Å². The van der Waals surface area contributed by atoms with Crippen LogP contribution in [0.25, 0.3) is 0 Å². The number of aromatic nitrogens is 1. The molecule has 0 spiro atoms. The molecule has 0 aliphatic rings. The second-order valence-corrected chi connectivity index (χ2v) is 6.11. The van der Waals surface area contributed by atoms with Crippen LogP contribution in [0.15, 0.2) is 34.1 Å². The SMILES string of the molecule is Cc1csc(C(C)NCCOc2ccc(Br)cc2)n1. The molecule has 0 saturated heterocycles. The van der Waals surface area contributed by atoms with Gasteiger partial charge in [-0.2, -0.15) is 0 Å². The maximum Gasteiger partial charge on any atom is 0.119 e. The molecular weight excluding hydrogens is 324 g/mol. The molecule has 1 unspecified atom stereocenters. The first-order chi connectivity index (χ1) is 9.15. The average molecular weight is 341 g/mol. The molecule has 1 N–H and O–H groups in total. The number of benzene rings is 1. The first-order valence-electron chi connectivity index (χ1n) is 6.19. The second-order valence-electron chi connectivity index (χ2n) is 4.31. The van der Waals surface area contributed by atoms with Crippen molar-refractivity contribution in [1.82, 2.24) is 10.3 Å². The van der Waals surface area contributed by atoms with Crippen LogP contribution in [-0.2, 0) is 0 Å². The first-order valence-corrected chi connectivity index (χ1v) is 7.86. The summed E-state index contributed by atoms with van der Waals surface area (Å²) in [7, 11) is 0. The van der Waals surface area contributed by atoms with E-state index in [-0.39, 0.29) is 6.04 Å².